The number of hydrogen-bond acceptors (Lipinski definition) is 3. The van der Waals surface area contributed by atoms with Gasteiger partial charge in [0.15, 0.2) is 5.69 Å². The first-order chi connectivity index (χ1) is 7.52. The van der Waals surface area contributed by atoms with Gasteiger partial charge in [-0.25, -0.2) is 4.98 Å². The third-order valence-corrected chi connectivity index (χ3v) is 3.58. The van der Waals surface area contributed by atoms with Gasteiger partial charge < -0.3 is 0 Å². The van der Waals surface area contributed by atoms with Gasteiger partial charge in [0.1, 0.15) is 6.07 Å². The molecule has 2 rings (SSSR count). The molecule has 0 aliphatic heterocycles. The molecule has 0 unspecified atom stereocenters. The van der Waals surface area contributed by atoms with Crippen LogP contribution in [0.5, 0.6) is 0 Å². The Morgan fingerprint density at radius 2 is 2.12 bits per heavy atom. The number of halogens is 3. The van der Waals surface area contributed by atoms with Crippen molar-refractivity contribution in [3.05, 3.63) is 23.5 Å². The summed E-state index contributed by atoms with van der Waals surface area (Å²) < 4.78 is 38.1. The fourth-order valence-electron chi connectivity index (χ4n) is 1.22. The van der Waals surface area contributed by atoms with E-state index in [-0.39, 0.29) is 15.8 Å². The molecule has 1 aliphatic carbocycles. The first kappa shape index (κ1) is 11.3. The Hall–Kier alpha value is -1.22. The van der Waals surface area contributed by atoms with Gasteiger partial charge in [0.05, 0.1) is 10.5 Å². The predicted octanol–water partition coefficient (Wildman–Crippen LogP) is 3.23. The Labute approximate surface area is 94.5 Å². The van der Waals surface area contributed by atoms with Crippen LogP contribution >= 0.6 is 11.8 Å². The second kappa shape index (κ2) is 3.98. The summed E-state index contributed by atoms with van der Waals surface area (Å²) >= 11 is 1.11. The number of pyridine rings is 1. The molecule has 0 spiro atoms. The number of rotatable bonds is 2. The van der Waals surface area contributed by atoms with E-state index >= 15 is 0 Å². The molecule has 2 nitrogen and oxygen atoms in total. The van der Waals surface area contributed by atoms with E-state index in [1.54, 1.807) is 6.07 Å². The minimum atomic E-state index is -4.42. The fourth-order valence-corrected chi connectivity index (χ4v) is 2.45. The van der Waals surface area contributed by atoms with Gasteiger partial charge in [0, 0.05) is 11.4 Å². The maximum absolute atomic E-state index is 12.7. The first-order valence-electron chi connectivity index (χ1n) is 4.65. The molecule has 0 bridgehead atoms. The van der Waals surface area contributed by atoms with E-state index in [2.05, 4.69) is 4.98 Å². The van der Waals surface area contributed by atoms with Gasteiger partial charge in [-0.2, -0.15) is 18.4 Å². The van der Waals surface area contributed by atoms with Crippen LogP contribution in [0.2, 0.25) is 0 Å². The molecular weight excluding hydrogens is 237 g/mol. The Morgan fingerprint density at radius 1 is 1.44 bits per heavy atom. The Balaban J connectivity index is 2.46. The molecule has 84 valence electrons. The molecule has 1 aromatic rings. The zero-order chi connectivity index (χ0) is 11.8. The third kappa shape index (κ3) is 2.30. The van der Waals surface area contributed by atoms with Crippen LogP contribution < -0.4 is 0 Å². The fraction of sp³-hybridized carbons (Fsp3) is 0.400. The van der Waals surface area contributed by atoms with Gasteiger partial charge >= 0.3 is 6.18 Å². The topological polar surface area (TPSA) is 36.7 Å². The van der Waals surface area contributed by atoms with Gasteiger partial charge in [-0.1, -0.05) is 0 Å². The van der Waals surface area contributed by atoms with Gasteiger partial charge in [0.2, 0.25) is 0 Å². The molecular formula is C10H7F3N2S. The average molecular weight is 244 g/mol. The van der Waals surface area contributed by atoms with E-state index in [0.29, 0.717) is 0 Å². The summed E-state index contributed by atoms with van der Waals surface area (Å²) in [4.78, 5) is 3.64. The number of nitriles is 1. The van der Waals surface area contributed by atoms with Crippen molar-refractivity contribution in [2.45, 2.75) is 29.2 Å². The highest BCUT2D eigenvalue weighted by atomic mass is 32.2. The van der Waals surface area contributed by atoms with Crippen LogP contribution in [0.15, 0.2) is 17.2 Å². The van der Waals surface area contributed by atoms with Crippen molar-refractivity contribution in [2.24, 2.45) is 0 Å². The molecule has 1 aliphatic rings. The quantitative estimate of drug-likeness (QED) is 0.801. The number of hydrogen-bond donors (Lipinski definition) is 0. The van der Waals surface area contributed by atoms with Crippen molar-refractivity contribution >= 4 is 11.8 Å². The average Bonchev–Trinajstić information content (AvgIpc) is 3.00. The lowest BCUT2D eigenvalue weighted by atomic mass is 10.2. The largest absolute Gasteiger partial charge is 0.417 e. The van der Waals surface area contributed by atoms with Crippen LogP contribution in [0.3, 0.4) is 0 Å². The highest BCUT2D eigenvalue weighted by molar-refractivity contribution is 8.00. The Kier molecular flexibility index (Phi) is 2.80. The van der Waals surface area contributed by atoms with Gasteiger partial charge in [-0.3, -0.25) is 0 Å². The smallest absolute Gasteiger partial charge is 0.244 e. The molecule has 6 heteroatoms. The minimum absolute atomic E-state index is 0.0278. The number of alkyl halides is 3. The van der Waals surface area contributed by atoms with Crippen LogP contribution in [0, 0.1) is 11.3 Å². The van der Waals surface area contributed by atoms with Crippen LogP contribution in [0.4, 0.5) is 13.2 Å². The van der Waals surface area contributed by atoms with E-state index in [4.69, 9.17) is 5.26 Å². The summed E-state index contributed by atoms with van der Waals surface area (Å²) in [6.45, 7) is 0. The van der Waals surface area contributed by atoms with Crippen molar-refractivity contribution in [1.82, 2.24) is 4.98 Å². The zero-order valence-electron chi connectivity index (χ0n) is 8.08. The van der Waals surface area contributed by atoms with E-state index in [9.17, 15) is 13.2 Å². The van der Waals surface area contributed by atoms with Crippen molar-refractivity contribution in [2.75, 3.05) is 0 Å². The lowest BCUT2D eigenvalue weighted by Crippen LogP contribution is -2.09. The molecule has 0 amide bonds. The highest BCUT2D eigenvalue weighted by Gasteiger charge is 2.37. The van der Waals surface area contributed by atoms with Crippen molar-refractivity contribution in [3.63, 3.8) is 0 Å². The molecule has 0 radical (unpaired) electrons. The van der Waals surface area contributed by atoms with E-state index in [1.165, 1.54) is 0 Å². The zero-order valence-corrected chi connectivity index (χ0v) is 8.90. The lowest BCUT2D eigenvalue weighted by Gasteiger charge is -2.12. The van der Waals surface area contributed by atoms with Crippen molar-refractivity contribution < 1.29 is 13.2 Å². The molecule has 0 N–H and O–H groups in total. The van der Waals surface area contributed by atoms with Crippen LogP contribution in [-0.2, 0) is 6.18 Å². The van der Waals surface area contributed by atoms with Gasteiger partial charge in [-0.05, 0) is 18.9 Å². The second-order valence-electron chi connectivity index (χ2n) is 3.46. The molecule has 1 heterocycles. The number of nitrogens with zero attached hydrogens (tertiary/aromatic N) is 2. The molecule has 16 heavy (non-hydrogen) atoms. The van der Waals surface area contributed by atoms with Gasteiger partial charge in [-0.15, -0.1) is 11.8 Å². The summed E-state index contributed by atoms with van der Waals surface area (Å²) in [6, 6.07) is 2.63. The van der Waals surface area contributed by atoms with Crippen LogP contribution in [-0.4, -0.2) is 10.2 Å². The monoisotopic (exact) mass is 244 g/mol. The lowest BCUT2D eigenvalue weighted by molar-refractivity contribution is -0.139. The van der Waals surface area contributed by atoms with Gasteiger partial charge in [0.25, 0.3) is 0 Å². The second-order valence-corrected chi connectivity index (χ2v) is 4.77. The van der Waals surface area contributed by atoms with Crippen molar-refractivity contribution in [3.8, 4) is 6.07 Å². The maximum atomic E-state index is 12.7. The normalized spacial score (nSPS) is 15.9. The Bertz CT molecular complexity index is 446. The molecule has 0 saturated heterocycles. The molecule has 0 aromatic carbocycles. The van der Waals surface area contributed by atoms with E-state index in [0.717, 1.165) is 36.9 Å². The molecule has 1 saturated carbocycles. The summed E-state index contributed by atoms with van der Waals surface area (Å²) in [5, 5.41) is 8.95. The standard InChI is InChI=1S/C10H7F3N2S/c11-10(12,13)7-3-4-15-8(5-14)9(7)16-6-1-2-6/h3-4,6H,1-2H2. The van der Waals surface area contributed by atoms with Crippen molar-refractivity contribution in [1.29, 1.82) is 5.26 Å². The predicted molar refractivity (Wildman–Crippen MR) is 52.8 cm³/mol. The maximum Gasteiger partial charge on any atom is 0.417 e. The minimum Gasteiger partial charge on any atom is -0.244 e. The first-order valence-corrected chi connectivity index (χ1v) is 5.53. The highest BCUT2D eigenvalue weighted by Crippen LogP contribution is 2.45. The number of aromatic nitrogens is 1. The molecule has 1 aromatic heterocycles. The summed E-state index contributed by atoms with van der Waals surface area (Å²) in [7, 11) is 0. The van der Waals surface area contributed by atoms with Crippen LogP contribution in [0.1, 0.15) is 24.1 Å². The van der Waals surface area contributed by atoms with Crippen LogP contribution in [0.25, 0.3) is 0 Å². The molecule has 1 fully saturated rings. The molecule has 0 atom stereocenters. The van der Waals surface area contributed by atoms with E-state index < -0.39 is 11.7 Å². The summed E-state index contributed by atoms with van der Waals surface area (Å²) in [5.41, 5.74) is -0.886. The summed E-state index contributed by atoms with van der Waals surface area (Å²) in [5.74, 6) is 0. The SMILES string of the molecule is N#Cc1nccc(C(F)(F)F)c1SC1CC1. The van der Waals surface area contributed by atoms with E-state index in [1.807, 2.05) is 0 Å². The summed E-state index contributed by atoms with van der Waals surface area (Å²) in [6.07, 6.45) is -1.59. The Morgan fingerprint density at radius 3 is 2.62 bits per heavy atom. The third-order valence-electron chi connectivity index (χ3n) is 2.12. The number of thioether (sulfide) groups is 1.